The van der Waals surface area contributed by atoms with Crippen LogP contribution in [0.4, 0.5) is 0 Å². The highest BCUT2D eigenvalue weighted by molar-refractivity contribution is 7.90. The van der Waals surface area contributed by atoms with E-state index in [4.69, 9.17) is 11.6 Å². The third-order valence-electron chi connectivity index (χ3n) is 4.50. The van der Waals surface area contributed by atoms with Gasteiger partial charge in [-0.05, 0) is 23.8 Å². The van der Waals surface area contributed by atoms with E-state index in [2.05, 4.69) is 17.0 Å². The summed E-state index contributed by atoms with van der Waals surface area (Å²) in [5.41, 5.74) is 1.49. The molecule has 0 aromatic heterocycles. The zero-order valence-corrected chi connectivity index (χ0v) is 16.1. The summed E-state index contributed by atoms with van der Waals surface area (Å²) in [5.74, 6) is -0.222. The molecule has 5 nitrogen and oxygen atoms in total. The fourth-order valence-corrected chi connectivity index (χ4v) is 3.87. The molecule has 7 heteroatoms. The molecule has 1 fully saturated rings. The van der Waals surface area contributed by atoms with Crippen molar-refractivity contribution in [3.63, 3.8) is 0 Å². The van der Waals surface area contributed by atoms with Crippen molar-refractivity contribution in [2.75, 3.05) is 32.4 Å². The summed E-state index contributed by atoms with van der Waals surface area (Å²) in [6.45, 7) is 3.57. The maximum Gasteiger partial charge on any atom is 0.255 e. The first-order valence-corrected chi connectivity index (χ1v) is 10.7. The van der Waals surface area contributed by atoms with E-state index in [-0.39, 0.29) is 21.4 Å². The van der Waals surface area contributed by atoms with E-state index in [0.717, 1.165) is 25.9 Å². The van der Waals surface area contributed by atoms with Crippen LogP contribution >= 0.6 is 11.6 Å². The molecule has 0 radical (unpaired) electrons. The number of hydrogen-bond acceptors (Lipinski definition) is 4. The number of sulfone groups is 1. The normalized spacial score (nSPS) is 15.8. The van der Waals surface area contributed by atoms with Crippen LogP contribution < -0.4 is 0 Å². The van der Waals surface area contributed by atoms with Crippen LogP contribution in [0, 0.1) is 0 Å². The van der Waals surface area contributed by atoms with Gasteiger partial charge in [-0.15, -0.1) is 0 Å². The lowest BCUT2D eigenvalue weighted by Crippen LogP contribution is -2.48. The number of piperazine rings is 1. The number of carbonyl (C=O) groups excluding carboxylic acids is 1. The number of nitrogens with zero attached hydrogens (tertiary/aromatic N) is 2. The minimum absolute atomic E-state index is 0.105. The molecule has 0 bridgehead atoms. The summed E-state index contributed by atoms with van der Waals surface area (Å²) in [6, 6.07) is 14.5. The van der Waals surface area contributed by atoms with Crippen LogP contribution in [0.2, 0.25) is 5.02 Å². The molecule has 3 rings (SSSR count). The van der Waals surface area contributed by atoms with Crippen LogP contribution in [0.3, 0.4) is 0 Å². The van der Waals surface area contributed by atoms with E-state index < -0.39 is 9.84 Å². The van der Waals surface area contributed by atoms with Crippen molar-refractivity contribution in [3.8, 4) is 0 Å². The van der Waals surface area contributed by atoms with Crippen molar-refractivity contribution in [2.24, 2.45) is 0 Å². The molecule has 1 aliphatic rings. The monoisotopic (exact) mass is 392 g/mol. The standard InChI is InChI=1S/C19H21ClN2O3S/c1-26(24,25)16-7-8-18(20)17(13-16)19(23)22-11-9-21(10-12-22)14-15-5-3-2-4-6-15/h2-8,13H,9-12,14H2,1H3. The van der Waals surface area contributed by atoms with E-state index in [1.165, 1.54) is 23.8 Å². The average molecular weight is 393 g/mol. The van der Waals surface area contributed by atoms with Crippen molar-refractivity contribution in [3.05, 3.63) is 64.7 Å². The Bertz CT molecular complexity index is 892. The first-order valence-electron chi connectivity index (χ1n) is 8.40. The highest BCUT2D eigenvalue weighted by Crippen LogP contribution is 2.23. The molecule has 26 heavy (non-hydrogen) atoms. The fraction of sp³-hybridized carbons (Fsp3) is 0.316. The van der Waals surface area contributed by atoms with Crippen LogP contribution in [-0.4, -0.2) is 56.6 Å². The molecule has 1 aliphatic heterocycles. The number of carbonyl (C=O) groups is 1. The smallest absolute Gasteiger partial charge is 0.255 e. The average Bonchev–Trinajstić information content (AvgIpc) is 2.62. The number of amides is 1. The number of hydrogen-bond donors (Lipinski definition) is 0. The van der Waals surface area contributed by atoms with Gasteiger partial charge in [0.25, 0.3) is 5.91 Å². The van der Waals surface area contributed by atoms with Gasteiger partial charge >= 0.3 is 0 Å². The van der Waals surface area contributed by atoms with Crippen molar-refractivity contribution >= 4 is 27.3 Å². The Morgan fingerprint density at radius 2 is 1.69 bits per heavy atom. The van der Waals surface area contributed by atoms with Crippen molar-refractivity contribution < 1.29 is 13.2 Å². The number of benzene rings is 2. The lowest BCUT2D eigenvalue weighted by Gasteiger charge is -2.35. The summed E-state index contributed by atoms with van der Waals surface area (Å²) in [5, 5.41) is 0.272. The molecule has 0 N–H and O–H groups in total. The maximum atomic E-state index is 12.8. The second kappa shape index (κ2) is 7.78. The van der Waals surface area contributed by atoms with Gasteiger partial charge in [-0.1, -0.05) is 41.9 Å². The van der Waals surface area contributed by atoms with Crippen LogP contribution in [-0.2, 0) is 16.4 Å². The van der Waals surface area contributed by atoms with Crippen molar-refractivity contribution in [2.45, 2.75) is 11.4 Å². The van der Waals surface area contributed by atoms with Gasteiger partial charge in [-0.3, -0.25) is 9.69 Å². The van der Waals surface area contributed by atoms with Crippen molar-refractivity contribution in [1.82, 2.24) is 9.80 Å². The topological polar surface area (TPSA) is 57.7 Å². The van der Waals surface area contributed by atoms with Crippen LogP contribution in [0.5, 0.6) is 0 Å². The van der Waals surface area contributed by atoms with Gasteiger partial charge in [0.15, 0.2) is 9.84 Å². The Labute approximate surface area is 159 Å². The van der Waals surface area contributed by atoms with Crippen LogP contribution in [0.25, 0.3) is 0 Å². The molecule has 1 heterocycles. The van der Waals surface area contributed by atoms with Gasteiger partial charge in [0, 0.05) is 39.0 Å². The second-order valence-corrected chi connectivity index (χ2v) is 8.89. The molecular formula is C19H21ClN2O3S. The number of halogens is 1. The highest BCUT2D eigenvalue weighted by Gasteiger charge is 2.24. The molecule has 0 spiro atoms. The summed E-state index contributed by atoms with van der Waals surface area (Å²) in [6.07, 6.45) is 1.12. The summed E-state index contributed by atoms with van der Waals surface area (Å²) in [4.78, 5) is 16.9. The zero-order valence-electron chi connectivity index (χ0n) is 14.6. The van der Waals surface area contributed by atoms with Gasteiger partial charge in [0.1, 0.15) is 0 Å². The number of rotatable bonds is 4. The van der Waals surface area contributed by atoms with Crippen molar-refractivity contribution in [1.29, 1.82) is 0 Å². The zero-order chi connectivity index (χ0) is 18.7. The van der Waals surface area contributed by atoms with E-state index >= 15 is 0 Å². The summed E-state index contributed by atoms with van der Waals surface area (Å²) >= 11 is 6.14. The minimum Gasteiger partial charge on any atom is -0.336 e. The fourth-order valence-electron chi connectivity index (χ4n) is 3.02. The minimum atomic E-state index is -3.39. The highest BCUT2D eigenvalue weighted by atomic mass is 35.5. The first-order chi connectivity index (χ1) is 12.3. The van der Waals surface area contributed by atoms with Gasteiger partial charge in [-0.25, -0.2) is 8.42 Å². The lowest BCUT2D eigenvalue weighted by molar-refractivity contribution is 0.0628. The molecule has 0 atom stereocenters. The summed E-state index contributed by atoms with van der Waals surface area (Å²) in [7, 11) is -3.39. The van der Waals surface area contributed by atoms with E-state index in [0.29, 0.717) is 13.1 Å². The predicted octanol–water partition coefficient (Wildman–Crippen LogP) is 2.70. The van der Waals surface area contributed by atoms with Crippen LogP contribution in [0.15, 0.2) is 53.4 Å². The van der Waals surface area contributed by atoms with Gasteiger partial charge < -0.3 is 4.90 Å². The van der Waals surface area contributed by atoms with Gasteiger partial charge in [0.05, 0.1) is 15.5 Å². The Kier molecular flexibility index (Phi) is 5.65. The second-order valence-electron chi connectivity index (χ2n) is 6.47. The SMILES string of the molecule is CS(=O)(=O)c1ccc(Cl)c(C(=O)N2CCN(Cc3ccccc3)CC2)c1. The summed E-state index contributed by atoms with van der Waals surface area (Å²) < 4.78 is 23.5. The molecule has 0 unspecified atom stereocenters. The molecule has 2 aromatic rings. The molecule has 1 amide bonds. The Hall–Kier alpha value is -1.89. The van der Waals surface area contributed by atoms with Gasteiger partial charge in [0.2, 0.25) is 0 Å². The molecule has 0 saturated carbocycles. The first kappa shape index (κ1) is 18.9. The third-order valence-corrected chi connectivity index (χ3v) is 5.94. The van der Waals surface area contributed by atoms with E-state index in [1.54, 1.807) is 4.90 Å². The lowest BCUT2D eigenvalue weighted by atomic mass is 10.1. The maximum absolute atomic E-state index is 12.8. The van der Waals surface area contributed by atoms with Crippen LogP contribution in [0.1, 0.15) is 15.9 Å². The molecular weight excluding hydrogens is 372 g/mol. The largest absolute Gasteiger partial charge is 0.336 e. The quantitative estimate of drug-likeness (QED) is 0.802. The Balaban J connectivity index is 1.67. The molecule has 1 saturated heterocycles. The van der Waals surface area contributed by atoms with Gasteiger partial charge in [-0.2, -0.15) is 0 Å². The molecule has 2 aromatic carbocycles. The molecule has 0 aliphatic carbocycles. The molecule has 138 valence electrons. The third kappa shape index (κ3) is 4.44. The Morgan fingerprint density at radius 1 is 1.04 bits per heavy atom. The van der Waals surface area contributed by atoms with E-state index in [9.17, 15) is 13.2 Å². The van der Waals surface area contributed by atoms with E-state index in [1.807, 2.05) is 18.2 Å². The predicted molar refractivity (Wildman–Crippen MR) is 102 cm³/mol. The Morgan fingerprint density at radius 3 is 2.31 bits per heavy atom.